The number of halogens is 4. The van der Waals surface area contributed by atoms with E-state index in [2.05, 4.69) is 0 Å². The average molecular weight is 289 g/mol. The second-order valence-electron chi connectivity index (χ2n) is 4.12. The molecule has 0 amide bonds. The van der Waals surface area contributed by atoms with E-state index in [1.807, 2.05) is 17.5 Å². The zero-order valence-electron chi connectivity index (χ0n) is 9.75. The van der Waals surface area contributed by atoms with Crippen LogP contribution in [0.3, 0.4) is 0 Å². The van der Waals surface area contributed by atoms with Gasteiger partial charge in [0, 0.05) is 22.9 Å². The number of rotatable bonds is 3. The van der Waals surface area contributed by atoms with Gasteiger partial charge in [0.1, 0.15) is 5.82 Å². The zero-order valence-corrected chi connectivity index (χ0v) is 10.6. The summed E-state index contributed by atoms with van der Waals surface area (Å²) in [4.78, 5) is 0.907. The first-order valence-electron chi connectivity index (χ1n) is 5.52. The van der Waals surface area contributed by atoms with E-state index in [1.165, 1.54) is 11.3 Å². The normalized spacial score (nSPS) is 13.5. The van der Waals surface area contributed by atoms with Crippen LogP contribution in [-0.2, 0) is 12.6 Å². The largest absolute Gasteiger partial charge is 0.416 e. The minimum absolute atomic E-state index is 0.108. The van der Waals surface area contributed by atoms with Gasteiger partial charge in [-0.2, -0.15) is 13.2 Å². The fourth-order valence-electron chi connectivity index (χ4n) is 1.76. The van der Waals surface area contributed by atoms with Crippen LogP contribution >= 0.6 is 11.3 Å². The molecule has 1 heterocycles. The minimum Gasteiger partial charge on any atom is -0.324 e. The van der Waals surface area contributed by atoms with Gasteiger partial charge >= 0.3 is 6.18 Å². The molecule has 2 N–H and O–H groups in total. The Morgan fingerprint density at radius 1 is 1.21 bits per heavy atom. The van der Waals surface area contributed by atoms with E-state index in [4.69, 9.17) is 5.73 Å². The van der Waals surface area contributed by atoms with Crippen molar-refractivity contribution in [1.82, 2.24) is 0 Å². The summed E-state index contributed by atoms with van der Waals surface area (Å²) < 4.78 is 51.3. The van der Waals surface area contributed by atoms with Crippen molar-refractivity contribution in [2.45, 2.75) is 18.6 Å². The van der Waals surface area contributed by atoms with Crippen molar-refractivity contribution in [3.05, 3.63) is 57.5 Å². The monoisotopic (exact) mass is 289 g/mol. The molecule has 1 aromatic heterocycles. The molecule has 0 aliphatic rings. The maximum absolute atomic E-state index is 13.6. The summed E-state index contributed by atoms with van der Waals surface area (Å²) >= 11 is 1.44. The smallest absolute Gasteiger partial charge is 0.324 e. The van der Waals surface area contributed by atoms with Crippen LogP contribution < -0.4 is 5.73 Å². The van der Waals surface area contributed by atoms with E-state index < -0.39 is 23.6 Å². The van der Waals surface area contributed by atoms with Crippen molar-refractivity contribution in [1.29, 1.82) is 0 Å². The Kier molecular flexibility index (Phi) is 3.91. The summed E-state index contributed by atoms with van der Waals surface area (Å²) in [7, 11) is 0. The van der Waals surface area contributed by atoms with Gasteiger partial charge in [0.15, 0.2) is 0 Å². The molecule has 0 saturated carbocycles. The van der Waals surface area contributed by atoms with Gasteiger partial charge in [-0.3, -0.25) is 0 Å². The highest BCUT2D eigenvalue weighted by molar-refractivity contribution is 7.09. The van der Waals surface area contributed by atoms with E-state index >= 15 is 0 Å². The van der Waals surface area contributed by atoms with Crippen LogP contribution in [0.1, 0.15) is 22.0 Å². The Labute approximate surface area is 111 Å². The Bertz CT molecular complexity index is 548. The van der Waals surface area contributed by atoms with Crippen LogP contribution in [0.25, 0.3) is 0 Å². The van der Waals surface area contributed by atoms with E-state index in [0.717, 1.165) is 23.1 Å². The van der Waals surface area contributed by atoms with Crippen molar-refractivity contribution in [3.8, 4) is 0 Å². The lowest BCUT2D eigenvalue weighted by Crippen LogP contribution is -2.16. The first kappa shape index (κ1) is 14.0. The molecule has 102 valence electrons. The molecule has 2 aromatic rings. The third-order valence-electron chi connectivity index (χ3n) is 2.72. The highest BCUT2D eigenvalue weighted by Crippen LogP contribution is 2.32. The molecule has 0 aliphatic heterocycles. The van der Waals surface area contributed by atoms with Crippen molar-refractivity contribution in [3.63, 3.8) is 0 Å². The minimum atomic E-state index is -4.49. The van der Waals surface area contributed by atoms with E-state index in [9.17, 15) is 17.6 Å². The quantitative estimate of drug-likeness (QED) is 0.844. The first-order valence-corrected chi connectivity index (χ1v) is 6.40. The highest BCUT2D eigenvalue weighted by Gasteiger charge is 2.31. The molecular formula is C13H11F4NS. The molecule has 19 heavy (non-hydrogen) atoms. The molecule has 0 fully saturated rings. The van der Waals surface area contributed by atoms with Crippen LogP contribution in [-0.4, -0.2) is 0 Å². The van der Waals surface area contributed by atoms with Gasteiger partial charge in [0.25, 0.3) is 0 Å². The molecule has 1 atom stereocenters. The average Bonchev–Trinajstić information content (AvgIpc) is 2.80. The summed E-state index contributed by atoms with van der Waals surface area (Å²) in [6.07, 6.45) is -4.18. The van der Waals surface area contributed by atoms with Crippen LogP contribution in [0.15, 0.2) is 35.7 Å². The number of alkyl halides is 3. The van der Waals surface area contributed by atoms with Crippen molar-refractivity contribution in [2.75, 3.05) is 0 Å². The maximum Gasteiger partial charge on any atom is 0.416 e. The molecule has 6 heteroatoms. The fraction of sp³-hybridized carbons (Fsp3) is 0.231. The molecule has 0 spiro atoms. The van der Waals surface area contributed by atoms with Gasteiger partial charge in [-0.1, -0.05) is 6.07 Å². The van der Waals surface area contributed by atoms with Crippen molar-refractivity contribution < 1.29 is 17.6 Å². The summed E-state index contributed by atoms with van der Waals surface area (Å²) in [6, 6.07) is 5.16. The van der Waals surface area contributed by atoms with Gasteiger partial charge < -0.3 is 5.73 Å². The summed E-state index contributed by atoms with van der Waals surface area (Å²) in [5.41, 5.74) is 4.81. The molecular weight excluding hydrogens is 278 g/mol. The molecule has 2 rings (SSSR count). The molecule has 1 unspecified atom stereocenters. The SMILES string of the molecule is NC(Cc1cccs1)c1cc(C(F)(F)F)ccc1F. The van der Waals surface area contributed by atoms with Crippen LogP contribution in [0.4, 0.5) is 17.6 Å². The van der Waals surface area contributed by atoms with Gasteiger partial charge in [0.05, 0.1) is 5.56 Å². The van der Waals surface area contributed by atoms with Gasteiger partial charge in [-0.25, -0.2) is 4.39 Å². The topological polar surface area (TPSA) is 26.0 Å². The zero-order chi connectivity index (χ0) is 14.0. The van der Waals surface area contributed by atoms with Crippen molar-refractivity contribution in [2.24, 2.45) is 5.73 Å². The predicted molar refractivity (Wildman–Crippen MR) is 66.4 cm³/mol. The van der Waals surface area contributed by atoms with Gasteiger partial charge in [-0.15, -0.1) is 11.3 Å². The van der Waals surface area contributed by atoms with Gasteiger partial charge in [-0.05, 0) is 29.6 Å². The number of nitrogens with two attached hydrogens (primary N) is 1. The van der Waals surface area contributed by atoms with Crippen LogP contribution in [0.2, 0.25) is 0 Å². The standard InChI is InChI=1S/C13H11F4NS/c14-11-4-3-8(13(15,16)17)6-10(11)12(18)7-9-2-1-5-19-9/h1-6,12H,7,18H2. The lowest BCUT2D eigenvalue weighted by molar-refractivity contribution is -0.137. The second kappa shape index (κ2) is 5.30. The molecule has 0 radical (unpaired) electrons. The van der Waals surface area contributed by atoms with Crippen molar-refractivity contribution >= 4 is 11.3 Å². The molecule has 0 saturated heterocycles. The third kappa shape index (κ3) is 3.33. The lowest BCUT2D eigenvalue weighted by Gasteiger charge is -2.15. The highest BCUT2D eigenvalue weighted by atomic mass is 32.1. The molecule has 1 nitrogen and oxygen atoms in total. The first-order chi connectivity index (χ1) is 8.88. The van der Waals surface area contributed by atoms with E-state index in [0.29, 0.717) is 6.42 Å². The Hall–Kier alpha value is -1.40. The van der Waals surface area contributed by atoms with Crippen LogP contribution in [0.5, 0.6) is 0 Å². The maximum atomic E-state index is 13.6. The molecule has 1 aromatic carbocycles. The van der Waals surface area contributed by atoms with E-state index in [1.54, 1.807) is 0 Å². The Morgan fingerprint density at radius 2 is 1.95 bits per heavy atom. The molecule has 0 aliphatic carbocycles. The second-order valence-corrected chi connectivity index (χ2v) is 5.16. The summed E-state index contributed by atoms with van der Waals surface area (Å²) in [5.74, 6) is -0.711. The molecule has 0 bridgehead atoms. The fourth-order valence-corrected chi connectivity index (χ4v) is 2.52. The van der Waals surface area contributed by atoms with Gasteiger partial charge in [0.2, 0.25) is 0 Å². The Morgan fingerprint density at radius 3 is 2.53 bits per heavy atom. The van der Waals surface area contributed by atoms with Crippen LogP contribution in [0, 0.1) is 5.82 Å². The third-order valence-corrected chi connectivity index (χ3v) is 3.62. The number of benzene rings is 1. The lowest BCUT2D eigenvalue weighted by atomic mass is 10.0. The number of hydrogen-bond donors (Lipinski definition) is 1. The van der Waals surface area contributed by atoms with E-state index in [-0.39, 0.29) is 5.56 Å². The predicted octanol–water partition coefficient (Wildman–Crippen LogP) is 4.15. The number of thiophene rings is 1. The summed E-state index contributed by atoms with van der Waals surface area (Å²) in [5, 5.41) is 1.84. The Balaban J connectivity index is 2.28. The number of hydrogen-bond acceptors (Lipinski definition) is 2. The summed E-state index contributed by atoms with van der Waals surface area (Å²) in [6.45, 7) is 0.